The van der Waals surface area contributed by atoms with Gasteiger partial charge >= 0.3 is 0 Å². The molecule has 1 nitrogen and oxygen atoms in total. The Bertz CT molecular complexity index is 112. The summed E-state index contributed by atoms with van der Waals surface area (Å²) in [6, 6.07) is 0. The number of rotatable bonds is 0. The number of aliphatic hydroxyl groups is 1. The number of hydrogen-bond donors (Lipinski definition) is 1. The molecule has 0 aromatic rings. The second-order valence-corrected chi connectivity index (χ2v) is 1.84. The van der Waals surface area contributed by atoms with Crippen LogP contribution in [0.15, 0.2) is 24.3 Å². The normalized spacial score (nSPS) is 35.6. The molecule has 1 rings (SSSR count). The number of hydrogen-bond acceptors (Lipinski definition) is 1. The Morgan fingerprint density at radius 3 is 2.25 bits per heavy atom. The van der Waals surface area contributed by atoms with Crippen LogP contribution in [0.1, 0.15) is 0 Å². The molecule has 0 amide bonds. The van der Waals surface area contributed by atoms with Crippen molar-refractivity contribution in [1.29, 1.82) is 0 Å². The monoisotopic (exact) mass is 106 g/mol. The molecule has 0 bridgehead atoms. The lowest BCUT2D eigenvalue weighted by Crippen LogP contribution is -2.11. The topological polar surface area (TPSA) is 20.2 Å². The lowest BCUT2D eigenvalue weighted by Gasteiger charge is -2.13. The van der Waals surface area contributed by atoms with Gasteiger partial charge in [0.25, 0.3) is 0 Å². The lowest BCUT2D eigenvalue weighted by atomic mass is 9.80. The predicted molar refractivity (Wildman–Crippen MR) is 33.8 cm³/mol. The number of allylic oxidation sites excluding steroid dienone is 2. The highest BCUT2D eigenvalue weighted by Crippen LogP contribution is 2.13. The first-order chi connectivity index (χ1) is 3.80. The molecule has 0 fully saturated rings. The van der Waals surface area contributed by atoms with Gasteiger partial charge in [-0.25, -0.2) is 0 Å². The van der Waals surface area contributed by atoms with Crippen molar-refractivity contribution in [2.75, 3.05) is 0 Å². The Morgan fingerprint density at radius 2 is 1.88 bits per heavy atom. The van der Waals surface area contributed by atoms with Crippen LogP contribution in [0.5, 0.6) is 0 Å². The van der Waals surface area contributed by atoms with Gasteiger partial charge in [0.15, 0.2) is 0 Å². The van der Waals surface area contributed by atoms with Crippen LogP contribution in [0.25, 0.3) is 0 Å². The van der Waals surface area contributed by atoms with E-state index in [0.29, 0.717) is 0 Å². The van der Waals surface area contributed by atoms with Crippen LogP contribution in [0, 0.1) is 0 Å². The van der Waals surface area contributed by atoms with Crippen LogP contribution < -0.4 is 0 Å². The maximum Gasteiger partial charge on any atom is 0.0795 e. The first-order valence-corrected chi connectivity index (χ1v) is 2.59. The Labute approximate surface area is 50.1 Å². The zero-order valence-corrected chi connectivity index (χ0v) is 4.49. The summed E-state index contributed by atoms with van der Waals surface area (Å²) in [5.74, 6) is -0.208. The third-order valence-electron chi connectivity index (χ3n) is 1.15. The van der Waals surface area contributed by atoms with E-state index in [9.17, 15) is 0 Å². The van der Waals surface area contributed by atoms with E-state index in [4.69, 9.17) is 13.0 Å². The molecule has 0 spiro atoms. The fourth-order valence-electron chi connectivity index (χ4n) is 0.613. The summed E-state index contributed by atoms with van der Waals surface area (Å²) < 4.78 is 0. The van der Waals surface area contributed by atoms with Crippen LogP contribution in [0.3, 0.4) is 0 Å². The van der Waals surface area contributed by atoms with Crippen LogP contribution in [0.4, 0.5) is 0 Å². The van der Waals surface area contributed by atoms with E-state index >= 15 is 0 Å². The highest BCUT2D eigenvalue weighted by atomic mass is 16.3. The standard InChI is InChI=1S/C6H7BO/c7-5-3-1-2-4-6(5)8/h1-6,8H. The molecular formula is C6H7BO. The van der Waals surface area contributed by atoms with Crippen molar-refractivity contribution in [2.45, 2.75) is 11.9 Å². The van der Waals surface area contributed by atoms with Crippen LogP contribution in [-0.2, 0) is 0 Å². The molecule has 2 atom stereocenters. The third-order valence-corrected chi connectivity index (χ3v) is 1.15. The minimum atomic E-state index is -0.486. The molecule has 0 aliphatic heterocycles. The molecule has 0 heterocycles. The van der Waals surface area contributed by atoms with E-state index in [0.717, 1.165) is 0 Å². The largest absolute Gasteiger partial charge is 0.389 e. The van der Waals surface area contributed by atoms with Crippen LogP contribution in [-0.4, -0.2) is 19.1 Å². The molecule has 40 valence electrons. The van der Waals surface area contributed by atoms with E-state index in [1.165, 1.54) is 0 Å². The van der Waals surface area contributed by atoms with E-state index in [1.807, 2.05) is 6.08 Å². The van der Waals surface area contributed by atoms with Gasteiger partial charge in [-0.15, -0.1) is 0 Å². The first-order valence-electron chi connectivity index (χ1n) is 2.59. The predicted octanol–water partition coefficient (Wildman–Crippen LogP) is 0.430. The second-order valence-electron chi connectivity index (χ2n) is 1.84. The van der Waals surface area contributed by atoms with Crippen molar-refractivity contribution in [1.82, 2.24) is 0 Å². The minimum absolute atomic E-state index is 0.208. The van der Waals surface area contributed by atoms with Gasteiger partial charge in [-0.2, -0.15) is 0 Å². The van der Waals surface area contributed by atoms with Gasteiger partial charge in [-0.1, -0.05) is 24.3 Å². The van der Waals surface area contributed by atoms with Crippen LogP contribution >= 0.6 is 0 Å². The van der Waals surface area contributed by atoms with Gasteiger partial charge in [-0.3, -0.25) is 0 Å². The van der Waals surface area contributed by atoms with Gasteiger partial charge in [0, 0.05) is 0 Å². The smallest absolute Gasteiger partial charge is 0.0795 e. The lowest BCUT2D eigenvalue weighted by molar-refractivity contribution is 0.226. The fraction of sp³-hybridized carbons (Fsp3) is 0.333. The van der Waals surface area contributed by atoms with Crippen molar-refractivity contribution < 1.29 is 5.11 Å². The molecule has 2 unspecified atom stereocenters. The maximum absolute atomic E-state index is 8.91. The summed E-state index contributed by atoms with van der Waals surface area (Å²) in [5, 5.41) is 8.91. The summed E-state index contributed by atoms with van der Waals surface area (Å²) in [6.45, 7) is 0. The number of aliphatic hydroxyl groups excluding tert-OH is 1. The molecular weight excluding hydrogens is 98.9 g/mol. The van der Waals surface area contributed by atoms with Gasteiger partial charge in [-0.05, 0) is 5.82 Å². The summed E-state index contributed by atoms with van der Waals surface area (Å²) in [7, 11) is 5.39. The zero-order valence-electron chi connectivity index (χ0n) is 4.49. The Balaban J connectivity index is 2.59. The van der Waals surface area contributed by atoms with Crippen molar-refractivity contribution >= 4 is 7.85 Å². The van der Waals surface area contributed by atoms with E-state index in [2.05, 4.69) is 0 Å². The molecule has 2 heteroatoms. The Kier molecular flexibility index (Phi) is 1.54. The van der Waals surface area contributed by atoms with E-state index < -0.39 is 6.10 Å². The SMILES string of the molecule is [B]C1C=CC=CC1O. The van der Waals surface area contributed by atoms with Crippen molar-refractivity contribution in [3.8, 4) is 0 Å². The highest BCUT2D eigenvalue weighted by Gasteiger charge is 2.07. The minimum Gasteiger partial charge on any atom is -0.389 e. The maximum atomic E-state index is 8.91. The quantitative estimate of drug-likeness (QED) is 0.444. The van der Waals surface area contributed by atoms with Gasteiger partial charge < -0.3 is 5.11 Å². The van der Waals surface area contributed by atoms with Crippen LogP contribution in [0.2, 0.25) is 5.82 Å². The summed E-state index contributed by atoms with van der Waals surface area (Å²) in [4.78, 5) is 0. The fourth-order valence-corrected chi connectivity index (χ4v) is 0.613. The molecule has 0 saturated carbocycles. The summed E-state index contributed by atoms with van der Waals surface area (Å²) in [6.07, 6.45) is 6.57. The molecule has 0 aromatic heterocycles. The molecule has 1 aliphatic carbocycles. The molecule has 0 saturated heterocycles. The Morgan fingerprint density at radius 1 is 1.25 bits per heavy atom. The van der Waals surface area contributed by atoms with Gasteiger partial charge in [0.1, 0.15) is 0 Å². The summed E-state index contributed by atoms with van der Waals surface area (Å²) >= 11 is 0. The molecule has 1 N–H and O–H groups in total. The summed E-state index contributed by atoms with van der Waals surface area (Å²) in [5.41, 5.74) is 0. The van der Waals surface area contributed by atoms with E-state index in [-0.39, 0.29) is 5.82 Å². The van der Waals surface area contributed by atoms with Crippen molar-refractivity contribution in [3.63, 3.8) is 0 Å². The van der Waals surface area contributed by atoms with Crippen molar-refractivity contribution in [2.24, 2.45) is 0 Å². The molecule has 8 heavy (non-hydrogen) atoms. The van der Waals surface area contributed by atoms with Crippen molar-refractivity contribution in [3.05, 3.63) is 24.3 Å². The van der Waals surface area contributed by atoms with Gasteiger partial charge in [0.05, 0.1) is 14.0 Å². The molecule has 0 aromatic carbocycles. The third kappa shape index (κ3) is 1.01. The highest BCUT2D eigenvalue weighted by molar-refractivity contribution is 6.13. The average Bonchev–Trinajstić information content (AvgIpc) is 1.77. The van der Waals surface area contributed by atoms with Gasteiger partial charge in [0.2, 0.25) is 0 Å². The zero-order chi connectivity index (χ0) is 5.98. The molecule has 1 aliphatic rings. The molecule has 2 radical (unpaired) electrons. The first kappa shape index (κ1) is 5.64. The Hall–Kier alpha value is -0.495. The second kappa shape index (κ2) is 2.18. The van der Waals surface area contributed by atoms with E-state index in [1.54, 1.807) is 18.2 Å². The average molecular weight is 106 g/mol.